The summed E-state index contributed by atoms with van der Waals surface area (Å²) in [5.74, 6) is 1.24. The molecule has 7 nitrogen and oxygen atoms in total. The van der Waals surface area contributed by atoms with Gasteiger partial charge in [-0.15, -0.1) is 10.2 Å². The molecule has 0 amide bonds. The lowest BCUT2D eigenvalue weighted by molar-refractivity contribution is -0.0796. The van der Waals surface area contributed by atoms with Crippen LogP contribution in [0.1, 0.15) is 5.56 Å². The highest BCUT2D eigenvalue weighted by molar-refractivity contribution is 7.18. The van der Waals surface area contributed by atoms with Crippen LogP contribution in [0.5, 0.6) is 11.5 Å². The molecule has 1 aliphatic rings. The number of aliphatic hydroxyl groups is 1. The van der Waals surface area contributed by atoms with E-state index in [0.29, 0.717) is 39.8 Å². The van der Waals surface area contributed by atoms with Crippen molar-refractivity contribution in [3.8, 4) is 32.6 Å². The third-order valence-electron chi connectivity index (χ3n) is 4.69. The van der Waals surface area contributed by atoms with Crippen LogP contribution in [0.15, 0.2) is 30.3 Å². The SMILES string of the molecule is Cc1cc(-c2nnc(-c3ccc(OC4COC4)c(Cl)c3)s2)c(Cl)cc1OC[C@H](N)CO. The number of halogens is 2. The summed E-state index contributed by atoms with van der Waals surface area (Å²) in [5, 5.41) is 20.1. The van der Waals surface area contributed by atoms with Crippen LogP contribution in [0.4, 0.5) is 0 Å². The van der Waals surface area contributed by atoms with Crippen molar-refractivity contribution in [1.29, 1.82) is 0 Å². The maximum absolute atomic E-state index is 9.05. The fraction of sp³-hybridized carbons (Fsp3) is 0.333. The number of hydrogen-bond donors (Lipinski definition) is 2. The molecule has 1 aromatic heterocycles. The number of aromatic nitrogens is 2. The lowest BCUT2D eigenvalue weighted by Crippen LogP contribution is -2.38. The van der Waals surface area contributed by atoms with Crippen molar-refractivity contribution in [3.05, 3.63) is 45.9 Å². The molecule has 164 valence electrons. The van der Waals surface area contributed by atoms with Crippen molar-refractivity contribution in [1.82, 2.24) is 10.2 Å². The third kappa shape index (κ3) is 5.11. The van der Waals surface area contributed by atoms with Crippen molar-refractivity contribution < 1.29 is 19.3 Å². The van der Waals surface area contributed by atoms with Gasteiger partial charge in [-0.1, -0.05) is 34.5 Å². The summed E-state index contributed by atoms with van der Waals surface area (Å²) in [6.45, 7) is 3.12. The molecule has 0 bridgehead atoms. The van der Waals surface area contributed by atoms with Crippen molar-refractivity contribution in [3.63, 3.8) is 0 Å². The van der Waals surface area contributed by atoms with E-state index in [-0.39, 0.29) is 19.3 Å². The summed E-state index contributed by atoms with van der Waals surface area (Å²) in [4.78, 5) is 0. The highest BCUT2D eigenvalue weighted by Gasteiger charge is 2.22. The van der Waals surface area contributed by atoms with Gasteiger partial charge >= 0.3 is 0 Å². The Balaban J connectivity index is 1.53. The van der Waals surface area contributed by atoms with Gasteiger partial charge in [0.05, 0.1) is 35.9 Å². The van der Waals surface area contributed by atoms with Gasteiger partial charge in [-0.25, -0.2) is 0 Å². The monoisotopic (exact) mass is 481 g/mol. The average molecular weight is 482 g/mol. The minimum absolute atomic E-state index is 0.0493. The summed E-state index contributed by atoms with van der Waals surface area (Å²) in [5.41, 5.74) is 8.18. The van der Waals surface area contributed by atoms with E-state index >= 15 is 0 Å². The molecule has 3 aromatic rings. The summed E-state index contributed by atoms with van der Waals surface area (Å²) in [6, 6.07) is 8.72. The molecule has 0 saturated carbocycles. The van der Waals surface area contributed by atoms with Crippen LogP contribution in [0.25, 0.3) is 21.1 Å². The number of aliphatic hydroxyl groups excluding tert-OH is 1. The molecule has 10 heteroatoms. The molecule has 1 aliphatic heterocycles. The molecule has 1 atom stereocenters. The molecular weight excluding hydrogens is 461 g/mol. The van der Waals surface area contributed by atoms with Crippen LogP contribution >= 0.6 is 34.5 Å². The fourth-order valence-corrected chi connectivity index (χ4v) is 4.27. The Morgan fingerprint density at radius 1 is 1.16 bits per heavy atom. The van der Waals surface area contributed by atoms with Gasteiger partial charge < -0.3 is 25.1 Å². The lowest BCUT2D eigenvalue weighted by Gasteiger charge is -2.27. The second-order valence-electron chi connectivity index (χ2n) is 7.19. The Morgan fingerprint density at radius 2 is 1.94 bits per heavy atom. The summed E-state index contributed by atoms with van der Waals surface area (Å²) in [7, 11) is 0. The van der Waals surface area contributed by atoms with Crippen LogP contribution in [0.2, 0.25) is 10.0 Å². The molecule has 0 unspecified atom stereocenters. The molecule has 0 aliphatic carbocycles. The fourth-order valence-electron chi connectivity index (χ4n) is 2.87. The zero-order valence-electron chi connectivity index (χ0n) is 16.7. The highest BCUT2D eigenvalue weighted by atomic mass is 35.5. The van der Waals surface area contributed by atoms with Crippen LogP contribution in [-0.4, -0.2) is 53.9 Å². The quantitative estimate of drug-likeness (QED) is 0.501. The van der Waals surface area contributed by atoms with E-state index in [1.54, 1.807) is 6.07 Å². The molecule has 2 heterocycles. The minimum Gasteiger partial charge on any atom is -0.492 e. The second kappa shape index (κ2) is 9.68. The molecular formula is C21H21Cl2N3O4S. The van der Waals surface area contributed by atoms with E-state index in [2.05, 4.69) is 10.2 Å². The molecule has 0 spiro atoms. The molecule has 4 rings (SSSR count). The maximum Gasteiger partial charge on any atom is 0.149 e. The number of hydrogen-bond acceptors (Lipinski definition) is 8. The zero-order chi connectivity index (χ0) is 22.0. The van der Waals surface area contributed by atoms with E-state index in [0.717, 1.165) is 21.7 Å². The van der Waals surface area contributed by atoms with Crippen molar-refractivity contribution in [2.45, 2.75) is 19.1 Å². The van der Waals surface area contributed by atoms with Gasteiger partial charge in [0.2, 0.25) is 0 Å². The lowest BCUT2D eigenvalue weighted by atomic mass is 10.1. The van der Waals surface area contributed by atoms with Crippen molar-refractivity contribution in [2.75, 3.05) is 26.4 Å². The number of ether oxygens (including phenoxy) is 3. The number of nitrogens with two attached hydrogens (primary N) is 1. The average Bonchev–Trinajstić information content (AvgIpc) is 3.21. The number of rotatable bonds is 8. The van der Waals surface area contributed by atoms with Crippen molar-refractivity contribution in [2.24, 2.45) is 5.73 Å². The van der Waals surface area contributed by atoms with Crippen LogP contribution in [-0.2, 0) is 4.74 Å². The molecule has 2 aromatic carbocycles. The Morgan fingerprint density at radius 3 is 2.61 bits per heavy atom. The first-order valence-corrected chi connectivity index (χ1v) is 11.2. The first-order valence-electron chi connectivity index (χ1n) is 9.62. The zero-order valence-corrected chi connectivity index (χ0v) is 19.0. The van der Waals surface area contributed by atoms with Gasteiger partial charge in [0.25, 0.3) is 0 Å². The highest BCUT2D eigenvalue weighted by Crippen LogP contribution is 2.39. The molecule has 31 heavy (non-hydrogen) atoms. The molecule has 1 fully saturated rings. The molecule has 3 N–H and O–H groups in total. The Hall–Kier alpha value is -1.94. The maximum atomic E-state index is 9.05. The van der Waals surface area contributed by atoms with Crippen molar-refractivity contribution >= 4 is 34.5 Å². The van der Waals surface area contributed by atoms with Gasteiger partial charge in [0.1, 0.15) is 34.2 Å². The topological polar surface area (TPSA) is 99.7 Å². The summed E-state index contributed by atoms with van der Waals surface area (Å²) in [6.07, 6.45) is 0.0493. The summed E-state index contributed by atoms with van der Waals surface area (Å²) >= 11 is 14.3. The number of nitrogens with zero attached hydrogens (tertiary/aromatic N) is 2. The Labute approximate surface area is 193 Å². The smallest absolute Gasteiger partial charge is 0.149 e. The van der Waals surface area contributed by atoms with Gasteiger partial charge in [-0.2, -0.15) is 0 Å². The Bertz CT molecular complexity index is 1070. The van der Waals surface area contributed by atoms with Gasteiger partial charge in [-0.3, -0.25) is 0 Å². The molecule has 1 saturated heterocycles. The van der Waals surface area contributed by atoms with E-state index in [4.69, 9.17) is 48.3 Å². The first-order chi connectivity index (χ1) is 14.9. The summed E-state index contributed by atoms with van der Waals surface area (Å²) < 4.78 is 16.6. The Kier molecular flexibility index (Phi) is 6.95. The van der Waals surface area contributed by atoms with E-state index in [9.17, 15) is 0 Å². The predicted octanol–water partition coefficient (Wildman–Crippen LogP) is 3.96. The standard InChI is InChI=1S/C21H21Cl2N3O4S/c1-11-4-15(16(22)6-19(11)29-8-13(24)7-27)21-26-25-20(31-21)12-2-3-18(17(23)5-12)30-14-9-28-10-14/h2-6,13-14,27H,7-10,24H2,1H3/t13-/m1/s1. The van der Waals surface area contributed by atoms with Crippen LogP contribution in [0.3, 0.4) is 0 Å². The predicted molar refractivity (Wildman–Crippen MR) is 121 cm³/mol. The largest absolute Gasteiger partial charge is 0.492 e. The van der Waals surface area contributed by atoms with Crippen LogP contribution < -0.4 is 15.2 Å². The normalized spacial score (nSPS) is 14.9. The van der Waals surface area contributed by atoms with Gasteiger partial charge in [0.15, 0.2) is 0 Å². The van der Waals surface area contributed by atoms with Gasteiger partial charge in [-0.05, 0) is 42.8 Å². The number of benzene rings is 2. The van der Waals surface area contributed by atoms with E-state index in [1.807, 2.05) is 31.2 Å². The molecule has 0 radical (unpaired) electrons. The minimum atomic E-state index is -0.450. The van der Waals surface area contributed by atoms with E-state index in [1.165, 1.54) is 11.3 Å². The van der Waals surface area contributed by atoms with Crippen LogP contribution in [0, 0.1) is 6.92 Å². The van der Waals surface area contributed by atoms with Gasteiger partial charge in [0, 0.05) is 11.1 Å². The van der Waals surface area contributed by atoms with E-state index < -0.39 is 6.04 Å². The first kappa shape index (κ1) is 22.3. The number of aryl methyl sites for hydroxylation is 1. The second-order valence-corrected chi connectivity index (χ2v) is 8.98. The third-order valence-corrected chi connectivity index (χ3v) is 6.30.